The molecule has 1 N–H and O–H groups in total. The molecule has 0 saturated heterocycles. The van der Waals surface area contributed by atoms with Gasteiger partial charge in [0.1, 0.15) is 0 Å². The number of aromatic nitrogens is 2. The Morgan fingerprint density at radius 3 is 2.06 bits per heavy atom. The summed E-state index contributed by atoms with van der Waals surface area (Å²) in [4.78, 5) is 12.8. The molecule has 0 unspecified atom stereocenters. The van der Waals surface area contributed by atoms with Gasteiger partial charge in [-0.05, 0) is 42.5 Å². The zero-order valence-corrected chi connectivity index (χ0v) is 19.5. The molecule has 6 heteroatoms. The third-order valence-corrected chi connectivity index (χ3v) is 6.24. The van der Waals surface area contributed by atoms with Crippen LogP contribution < -0.4 is 5.32 Å². The second kappa shape index (κ2) is 9.56. The molecule has 0 atom stereocenters. The molecule has 0 aliphatic carbocycles. The van der Waals surface area contributed by atoms with Gasteiger partial charge in [0.15, 0.2) is 0 Å². The Hall–Kier alpha value is -3.86. The minimum atomic E-state index is -0.274. The smallest absolute Gasteiger partial charge is 0.255 e. The highest BCUT2D eigenvalue weighted by molar-refractivity contribution is 6.44. The first-order chi connectivity index (χ1) is 16.6. The Kier molecular flexibility index (Phi) is 6.17. The minimum absolute atomic E-state index is 0.274. The molecule has 0 radical (unpaired) electrons. The average Bonchev–Trinajstić information content (AvgIpc) is 3.34. The lowest BCUT2D eigenvalue weighted by molar-refractivity contribution is 0.102. The van der Waals surface area contributed by atoms with Crippen molar-refractivity contribution >= 4 is 34.8 Å². The predicted octanol–water partition coefficient (Wildman–Crippen LogP) is 7.77. The first kappa shape index (κ1) is 22.0. The lowest BCUT2D eigenvalue weighted by Gasteiger charge is -2.10. The van der Waals surface area contributed by atoms with E-state index < -0.39 is 0 Å². The van der Waals surface area contributed by atoms with Gasteiger partial charge >= 0.3 is 0 Å². The van der Waals surface area contributed by atoms with Gasteiger partial charge in [-0.3, -0.25) is 4.79 Å². The molecule has 4 aromatic carbocycles. The van der Waals surface area contributed by atoms with E-state index in [-0.39, 0.29) is 5.91 Å². The first-order valence-corrected chi connectivity index (χ1v) is 11.4. The van der Waals surface area contributed by atoms with Crippen LogP contribution in [0.3, 0.4) is 0 Å². The van der Waals surface area contributed by atoms with Gasteiger partial charge in [-0.25, -0.2) is 4.68 Å². The van der Waals surface area contributed by atoms with E-state index in [9.17, 15) is 4.79 Å². The van der Waals surface area contributed by atoms with Crippen molar-refractivity contribution < 1.29 is 4.79 Å². The quantitative estimate of drug-likeness (QED) is 0.277. The fraction of sp³-hybridized carbons (Fsp3) is 0. The van der Waals surface area contributed by atoms with E-state index in [0.717, 1.165) is 28.2 Å². The molecule has 0 aliphatic heterocycles. The van der Waals surface area contributed by atoms with Crippen LogP contribution in [0.25, 0.3) is 28.2 Å². The number of benzene rings is 4. The number of anilines is 1. The van der Waals surface area contributed by atoms with E-state index in [0.29, 0.717) is 21.3 Å². The summed E-state index contributed by atoms with van der Waals surface area (Å²) in [6.45, 7) is 0. The molecule has 0 spiro atoms. The van der Waals surface area contributed by atoms with Crippen LogP contribution in [-0.2, 0) is 0 Å². The molecule has 0 bridgehead atoms. The maximum Gasteiger partial charge on any atom is 0.255 e. The third-order valence-electron chi connectivity index (χ3n) is 5.42. The van der Waals surface area contributed by atoms with Crippen molar-refractivity contribution in [2.45, 2.75) is 0 Å². The van der Waals surface area contributed by atoms with Crippen LogP contribution in [0.1, 0.15) is 10.4 Å². The van der Waals surface area contributed by atoms with Gasteiger partial charge in [-0.2, -0.15) is 5.10 Å². The SMILES string of the molecule is O=C(Nc1cccc(Cl)c1Cl)c1ccc(-n2nc(-c3ccccc3)cc2-c2ccccc2)cc1. The number of amides is 1. The predicted molar refractivity (Wildman–Crippen MR) is 139 cm³/mol. The monoisotopic (exact) mass is 483 g/mol. The van der Waals surface area contributed by atoms with Gasteiger partial charge in [0.2, 0.25) is 0 Å². The Balaban J connectivity index is 1.48. The largest absolute Gasteiger partial charge is 0.321 e. The number of hydrogen-bond acceptors (Lipinski definition) is 2. The minimum Gasteiger partial charge on any atom is -0.321 e. The van der Waals surface area contributed by atoms with Crippen LogP contribution in [0.4, 0.5) is 5.69 Å². The molecule has 1 aromatic heterocycles. The maximum atomic E-state index is 12.8. The summed E-state index contributed by atoms with van der Waals surface area (Å²) in [6.07, 6.45) is 0. The van der Waals surface area contributed by atoms with Crippen LogP contribution in [0.15, 0.2) is 109 Å². The number of nitrogens with one attached hydrogen (secondary N) is 1. The molecule has 5 aromatic rings. The second-order valence-corrected chi connectivity index (χ2v) is 8.45. The lowest BCUT2D eigenvalue weighted by Crippen LogP contribution is -2.12. The molecule has 4 nitrogen and oxygen atoms in total. The van der Waals surface area contributed by atoms with Crippen LogP contribution >= 0.6 is 23.2 Å². The van der Waals surface area contributed by atoms with E-state index in [1.54, 1.807) is 30.3 Å². The van der Waals surface area contributed by atoms with Crippen molar-refractivity contribution in [2.24, 2.45) is 0 Å². The fourth-order valence-electron chi connectivity index (χ4n) is 3.69. The van der Waals surface area contributed by atoms with Crippen molar-refractivity contribution in [3.8, 4) is 28.2 Å². The van der Waals surface area contributed by atoms with Gasteiger partial charge in [-0.1, -0.05) is 89.9 Å². The topological polar surface area (TPSA) is 46.9 Å². The van der Waals surface area contributed by atoms with Gasteiger partial charge in [0.05, 0.1) is 32.8 Å². The Bertz CT molecular complexity index is 1450. The molecule has 1 amide bonds. The maximum absolute atomic E-state index is 12.8. The molecular weight excluding hydrogens is 465 g/mol. The van der Waals surface area contributed by atoms with E-state index in [4.69, 9.17) is 28.3 Å². The van der Waals surface area contributed by atoms with E-state index in [1.807, 2.05) is 65.3 Å². The molecule has 5 rings (SSSR count). The van der Waals surface area contributed by atoms with E-state index in [1.165, 1.54) is 0 Å². The molecule has 0 fully saturated rings. The lowest BCUT2D eigenvalue weighted by atomic mass is 10.1. The summed E-state index contributed by atoms with van der Waals surface area (Å²) in [6, 6.07) is 34.6. The van der Waals surface area contributed by atoms with Crippen LogP contribution in [-0.4, -0.2) is 15.7 Å². The van der Waals surface area contributed by atoms with Crippen LogP contribution in [0.2, 0.25) is 10.0 Å². The highest BCUT2D eigenvalue weighted by atomic mass is 35.5. The number of nitrogens with zero attached hydrogens (tertiary/aromatic N) is 2. The highest BCUT2D eigenvalue weighted by Gasteiger charge is 2.15. The number of rotatable bonds is 5. The summed E-state index contributed by atoms with van der Waals surface area (Å²) >= 11 is 12.3. The van der Waals surface area contributed by atoms with Crippen molar-refractivity contribution in [3.63, 3.8) is 0 Å². The summed E-state index contributed by atoms with van der Waals surface area (Å²) in [5.74, 6) is -0.274. The Morgan fingerprint density at radius 1 is 0.735 bits per heavy atom. The second-order valence-electron chi connectivity index (χ2n) is 7.66. The Labute approximate surface area is 207 Å². The Morgan fingerprint density at radius 2 is 1.38 bits per heavy atom. The summed E-state index contributed by atoms with van der Waals surface area (Å²) < 4.78 is 1.90. The first-order valence-electron chi connectivity index (χ1n) is 10.7. The van der Waals surface area contributed by atoms with Crippen molar-refractivity contribution in [2.75, 3.05) is 5.32 Å². The van der Waals surface area contributed by atoms with Gasteiger partial charge in [-0.15, -0.1) is 0 Å². The van der Waals surface area contributed by atoms with Crippen LogP contribution in [0.5, 0.6) is 0 Å². The van der Waals surface area contributed by atoms with Gasteiger partial charge in [0, 0.05) is 16.7 Å². The fourth-order valence-corrected chi connectivity index (χ4v) is 4.04. The molecule has 166 valence electrons. The molecular formula is C28H19Cl2N3O. The third kappa shape index (κ3) is 4.46. The van der Waals surface area contributed by atoms with Crippen molar-refractivity contribution in [1.82, 2.24) is 9.78 Å². The molecule has 34 heavy (non-hydrogen) atoms. The molecule has 1 heterocycles. The normalized spacial score (nSPS) is 10.8. The number of carbonyl (C=O) groups excluding carboxylic acids is 1. The van der Waals surface area contributed by atoms with Gasteiger partial charge in [0.25, 0.3) is 5.91 Å². The standard InChI is InChI=1S/C28H19Cl2N3O/c29-23-12-7-13-24(27(23)30)31-28(34)21-14-16-22(17-15-21)33-26(20-10-5-2-6-11-20)18-25(32-33)19-8-3-1-4-9-19/h1-18H,(H,31,34). The van der Waals surface area contributed by atoms with E-state index in [2.05, 4.69) is 23.5 Å². The van der Waals surface area contributed by atoms with Crippen molar-refractivity contribution in [3.05, 3.63) is 125 Å². The molecule has 0 aliphatic rings. The number of hydrogen-bond donors (Lipinski definition) is 1. The highest BCUT2D eigenvalue weighted by Crippen LogP contribution is 2.31. The average molecular weight is 484 g/mol. The van der Waals surface area contributed by atoms with Crippen LogP contribution in [0, 0.1) is 0 Å². The molecule has 0 saturated carbocycles. The summed E-state index contributed by atoms with van der Waals surface area (Å²) in [5.41, 5.74) is 5.73. The van der Waals surface area contributed by atoms with E-state index >= 15 is 0 Å². The zero-order valence-electron chi connectivity index (χ0n) is 18.0. The van der Waals surface area contributed by atoms with Crippen molar-refractivity contribution in [1.29, 1.82) is 0 Å². The van der Waals surface area contributed by atoms with Gasteiger partial charge < -0.3 is 5.32 Å². The summed E-state index contributed by atoms with van der Waals surface area (Å²) in [5, 5.41) is 8.38. The number of halogens is 2. The zero-order chi connectivity index (χ0) is 23.5. The number of carbonyl (C=O) groups is 1. The summed E-state index contributed by atoms with van der Waals surface area (Å²) in [7, 11) is 0.